The highest BCUT2D eigenvalue weighted by Crippen LogP contribution is 2.17. The van der Waals surface area contributed by atoms with Crippen molar-refractivity contribution in [1.29, 1.82) is 0 Å². The summed E-state index contributed by atoms with van der Waals surface area (Å²) < 4.78 is 13.5. The van der Waals surface area contributed by atoms with Crippen molar-refractivity contribution in [2.24, 2.45) is 0 Å². The predicted octanol–water partition coefficient (Wildman–Crippen LogP) is 0.473. The predicted molar refractivity (Wildman–Crippen MR) is 48.4 cm³/mol. The maximum atomic E-state index is 13.5. The number of aliphatic hydroxyl groups is 1. The van der Waals surface area contributed by atoms with Crippen LogP contribution in [0.3, 0.4) is 0 Å². The summed E-state index contributed by atoms with van der Waals surface area (Å²) in [7, 11) is 0. The van der Waals surface area contributed by atoms with E-state index in [4.69, 9.17) is 5.11 Å². The number of carbonyl (C=O) groups is 1. The summed E-state index contributed by atoms with van der Waals surface area (Å²) in [6, 6.07) is 4.24. The lowest BCUT2D eigenvalue weighted by Gasteiger charge is -2.03. The summed E-state index contributed by atoms with van der Waals surface area (Å²) >= 11 is 0. The Bertz CT molecular complexity index is 374. The Kier molecular flexibility index (Phi) is 2.31. The number of ketones is 1. The Morgan fingerprint density at radius 2 is 2.36 bits per heavy atom. The first-order valence-electron chi connectivity index (χ1n) is 4.40. The van der Waals surface area contributed by atoms with E-state index < -0.39 is 5.82 Å². The zero-order valence-corrected chi connectivity index (χ0v) is 7.46. The Hall–Kier alpha value is -1.26. The molecule has 1 heterocycles. The van der Waals surface area contributed by atoms with E-state index in [-0.39, 0.29) is 29.6 Å². The van der Waals surface area contributed by atoms with Gasteiger partial charge in [0, 0.05) is 12.1 Å². The van der Waals surface area contributed by atoms with Crippen LogP contribution in [0.4, 0.5) is 4.39 Å². The van der Waals surface area contributed by atoms with Gasteiger partial charge in [-0.05, 0) is 6.07 Å². The highest BCUT2D eigenvalue weighted by molar-refractivity contribution is 6.02. The highest BCUT2D eigenvalue weighted by Gasteiger charge is 2.31. The van der Waals surface area contributed by atoms with Crippen molar-refractivity contribution in [3.63, 3.8) is 0 Å². The van der Waals surface area contributed by atoms with Gasteiger partial charge in [-0.2, -0.15) is 0 Å². The number of nitrogens with one attached hydrogen (secondary N) is 1. The van der Waals surface area contributed by atoms with Gasteiger partial charge in [-0.25, -0.2) is 4.39 Å². The monoisotopic (exact) mass is 195 g/mol. The second kappa shape index (κ2) is 3.48. The SMILES string of the molecule is O=C(c1cccc(CO)c1F)[C@@H]1CN1. The van der Waals surface area contributed by atoms with Gasteiger partial charge in [0.25, 0.3) is 0 Å². The van der Waals surface area contributed by atoms with E-state index in [1.807, 2.05) is 0 Å². The first-order chi connectivity index (χ1) is 6.74. The standard InChI is InChI=1S/C10H10FNO2/c11-9-6(5-13)2-1-3-7(9)10(14)8-4-12-8/h1-3,8,12-13H,4-5H2/t8-/m0/s1. The van der Waals surface area contributed by atoms with E-state index >= 15 is 0 Å². The molecule has 0 radical (unpaired) electrons. The molecule has 3 nitrogen and oxygen atoms in total. The summed E-state index contributed by atoms with van der Waals surface area (Å²) in [4.78, 5) is 11.5. The van der Waals surface area contributed by atoms with Crippen molar-refractivity contribution in [2.75, 3.05) is 6.54 Å². The highest BCUT2D eigenvalue weighted by atomic mass is 19.1. The van der Waals surface area contributed by atoms with Gasteiger partial charge in [-0.15, -0.1) is 0 Å². The van der Waals surface area contributed by atoms with Crippen molar-refractivity contribution >= 4 is 5.78 Å². The van der Waals surface area contributed by atoms with E-state index in [0.717, 1.165) is 0 Å². The van der Waals surface area contributed by atoms with Gasteiger partial charge >= 0.3 is 0 Å². The van der Waals surface area contributed by atoms with Crippen molar-refractivity contribution in [2.45, 2.75) is 12.6 Å². The Labute approximate surface area is 80.6 Å². The zero-order chi connectivity index (χ0) is 10.1. The fourth-order valence-electron chi connectivity index (χ4n) is 1.32. The molecule has 4 heteroatoms. The summed E-state index contributed by atoms with van der Waals surface area (Å²) in [6.45, 7) is 0.229. The molecule has 14 heavy (non-hydrogen) atoms. The maximum Gasteiger partial charge on any atom is 0.183 e. The third kappa shape index (κ3) is 1.54. The van der Waals surface area contributed by atoms with Crippen LogP contribution in [0.1, 0.15) is 15.9 Å². The average Bonchev–Trinajstić information content (AvgIpc) is 3.00. The molecule has 2 rings (SSSR count). The van der Waals surface area contributed by atoms with Crippen LogP contribution in [-0.2, 0) is 6.61 Å². The summed E-state index contributed by atoms with van der Waals surface area (Å²) in [5, 5.41) is 11.6. The van der Waals surface area contributed by atoms with Gasteiger partial charge in [-0.3, -0.25) is 4.79 Å². The number of hydrogen-bond donors (Lipinski definition) is 2. The van der Waals surface area contributed by atoms with Gasteiger partial charge < -0.3 is 10.4 Å². The lowest BCUT2D eigenvalue weighted by molar-refractivity contribution is 0.0986. The molecule has 0 amide bonds. The minimum absolute atomic E-state index is 0.0616. The van der Waals surface area contributed by atoms with Crippen LogP contribution in [0.25, 0.3) is 0 Å². The fourth-order valence-corrected chi connectivity index (χ4v) is 1.32. The molecule has 0 bridgehead atoms. The number of benzene rings is 1. The maximum absolute atomic E-state index is 13.5. The molecule has 1 aliphatic rings. The van der Waals surface area contributed by atoms with Crippen LogP contribution in [0.2, 0.25) is 0 Å². The molecule has 0 spiro atoms. The van der Waals surface area contributed by atoms with Gasteiger partial charge in [0.2, 0.25) is 0 Å². The molecule has 0 unspecified atom stereocenters. The van der Waals surface area contributed by atoms with Crippen LogP contribution >= 0.6 is 0 Å². The van der Waals surface area contributed by atoms with Crippen molar-refractivity contribution in [3.05, 3.63) is 35.1 Å². The molecule has 0 saturated carbocycles. The van der Waals surface area contributed by atoms with Crippen molar-refractivity contribution in [3.8, 4) is 0 Å². The van der Waals surface area contributed by atoms with E-state index in [1.54, 1.807) is 6.07 Å². The summed E-state index contributed by atoms with van der Waals surface area (Å²) in [5.74, 6) is -0.841. The van der Waals surface area contributed by atoms with Crippen molar-refractivity contribution < 1.29 is 14.3 Å². The van der Waals surface area contributed by atoms with Crippen LogP contribution in [0.5, 0.6) is 0 Å². The lowest BCUT2D eigenvalue weighted by Crippen LogP contribution is -2.13. The van der Waals surface area contributed by atoms with Crippen molar-refractivity contribution in [1.82, 2.24) is 5.32 Å². The number of halogens is 1. The number of aliphatic hydroxyl groups excluding tert-OH is 1. The third-order valence-electron chi connectivity index (χ3n) is 2.24. The minimum atomic E-state index is -0.603. The quantitative estimate of drug-likeness (QED) is 0.544. The largest absolute Gasteiger partial charge is 0.392 e. The number of rotatable bonds is 3. The molecule has 74 valence electrons. The van der Waals surface area contributed by atoms with Gasteiger partial charge in [0.15, 0.2) is 5.78 Å². The molecular formula is C10H10FNO2. The van der Waals surface area contributed by atoms with Crippen LogP contribution in [0.15, 0.2) is 18.2 Å². The van der Waals surface area contributed by atoms with Gasteiger partial charge in [-0.1, -0.05) is 12.1 Å². The second-order valence-corrected chi connectivity index (χ2v) is 3.26. The first kappa shape index (κ1) is 9.30. The number of Topliss-reactive ketones (excluding diaryl/α,β-unsaturated/α-hetero) is 1. The number of hydrogen-bond acceptors (Lipinski definition) is 3. The fraction of sp³-hybridized carbons (Fsp3) is 0.300. The molecule has 2 N–H and O–H groups in total. The molecule has 1 aromatic carbocycles. The molecule has 1 aliphatic heterocycles. The molecule has 1 atom stereocenters. The molecule has 1 saturated heterocycles. The normalized spacial score (nSPS) is 19.4. The Balaban J connectivity index is 2.36. The lowest BCUT2D eigenvalue weighted by atomic mass is 10.0. The average molecular weight is 195 g/mol. The topological polar surface area (TPSA) is 59.2 Å². The van der Waals surface area contributed by atoms with E-state index in [2.05, 4.69) is 5.32 Å². The first-order valence-corrected chi connectivity index (χ1v) is 4.40. The molecule has 0 aliphatic carbocycles. The van der Waals surface area contributed by atoms with Crippen LogP contribution in [0, 0.1) is 5.82 Å². The minimum Gasteiger partial charge on any atom is -0.392 e. The second-order valence-electron chi connectivity index (χ2n) is 3.26. The molecule has 1 aromatic rings. The summed E-state index contributed by atoms with van der Waals surface area (Å²) in [5.41, 5.74) is 0.225. The molecular weight excluding hydrogens is 185 g/mol. The Morgan fingerprint density at radius 3 is 2.93 bits per heavy atom. The smallest absolute Gasteiger partial charge is 0.183 e. The van der Waals surface area contributed by atoms with E-state index in [9.17, 15) is 9.18 Å². The van der Waals surface area contributed by atoms with E-state index in [1.165, 1.54) is 12.1 Å². The van der Waals surface area contributed by atoms with Crippen LogP contribution < -0.4 is 5.32 Å². The van der Waals surface area contributed by atoms with E-state index in [0.29, 0.717) is 6.54 Å². The van der Waals surface area contributed by atoms with Crippen LogP contribution in [-0.4, -0.2) is 23.5 Å². The number of carbonyl (C=O) groups excluding carboxylic acids is 1. The van der Waals surface area contributed by atoms with Gasteiger partial charge in [0.05, 0.1) is 18.2 Å². The molecule has 1 fully saturated rings. The summed E-state index contributed by atoms with van der Waals surface area (Å²) in [6.07, 6.45) is 0. The molecule has 0 aromatic heterocycles. The third-order valence-corrected chi connectivity index (χ3v) is 2.24. The van der Waals surface area contributed by atoms with Gasteiger partial charge in [0.1, 0.15) is 5.82 Å². The zero-order valence-electron chi connectivity index (χ0n) is 7.46. The Morgan fingerprint density at radius 1 is 1.64 bits per heavy atom.